The van der Waals surface area contributed by atoms with Gasteiger partial charge in [0.05, 0.1) is 5.56 Å². The van der Waals surface area contributed by atoms with Gasteiger partial charge in [0.1, 0.15) is 11.1 Å². The number of primary sulfonamides is 1. The number of aromatic nitrogens is 1. The Kier molecular flexibility index (Phi) is 3.46. The zero-order valence-corrected chi connectivity index (χ0v) is 10.8. The van der Waals surface area contributed by atoms with Crippen LogP contribution in [-0.4, -0.2) is 31.1 Å². The van der Waals surface area contributed by atoms with Crippen LogP contribution in [0.5, 0.6) is 0 Å². The van der Waals surface area contributed by atoms with Crippen molar-refractivity contribution in [2.75, 3.05) is 11.4 Å². The maximum absolute atomic E-state index is 12.8. The van der Waals surface area contributed by atoms with E-state index in [1.807, 2.05) is 0 Å². The molecule has 1 aliphatic rings. The number of amides is 1. The van der Waals surface area contributed by atoms with Crippen molar-refractivity contribution in [1.29, 1.82) is 0 Å². The van der Waals surface area contributed by atoms with E-state index in [1.165, 1.54) is 0 Å². The average molecular weight is 309 g/mol. The Morgan fingerprint density at radius 1 is 1.40 bits per heavy atom. The molecule has 1 saturated heterocycles. The van der Waals surface area contributed by atoms with Gasteiger partial charge in [-0.2, -0.15) is 13.2 Å². The highest BCUT2D eigenvalue weighted by Gasteiger charge is 2.42. The molecule has 1 unspecified atom stereocenters. The van der Waals surface area contributed by atoms with Crippen molar-refractivity contribution in [3.63, 3.8) is 0 Å². The first-order valence-corrected chi connectivity index (χ1v) is 7.06. The number of sulfonamides is 1. The number of carbonyl (C=O) groups excluding carboxylic acids is 1. The summed E-state index contributed by atoms with van der Waals surface area (Å²) in [6, 6.07) is 1.86. The zero-order chi connectivity index (χ0) is 15.1. The van der Waals surface area contributed by atoms with E-state index < -0.39 is 51.7 Å². The van der Waals surface area contributed by atoms with Crippen LogP contribution in [0.15, 0.2) is 18.3 Å². The van der Waals surface area contributed by atoms with Crippen LogP contribution in [0, 0.1) is 0 Å². The van der Waals surface area contributed by atoms with Gasteiger partial charge in [-0.15, -0.1) is 0 Å². The van der Waals surface area contributed by atoms with Gasteiger partial charge in [0.2, 0.25) is 15.9 Å². The summed E-state index contributed by atoms with van der Waals surface area (Å²) >= 11 is 0. The van der Waals surface area contributed by atoms with Gasteiger partial charge in [-0.05, 0) is 12.1 Å². The molecule has 2 heterocycles. The van der Waals surface area contributed by atoms with Gasteiger partial charge in [-0.3, -0.25) is 9.69 Å². The molecular weight excluding hydrogens is 299 g/mol. The molecule has 20 heavy (non-hydrogen) atoms. The summed E-state index contributed by atoms with van der Waals surface area (Å²) in [6.07, 6.45) is -4.04. The molecule has 1 aliphatic heterocycles. The fourth-order valence-electron chi connectivity index (χ4n) is 1.93. The molecule has 0 aromatic carbocycles. The molecule has 1 aromatic heterocycles. The molecular formula is C10H10F3N3O3S. The SMILES string of the molecule is NS(=O)(=O)C1CC(=O)N(c2ncccc2C(F)(F)F)C1. The fraction of sp³-hybridized carbons (Fsp3) is 0.400. The molecule has 1 aromatic rings. The number of anilines is 1. The second kappa shape index (κ2) is 4.70. The maximum atomic E-state index is 12.8. The Morgan fingerprint density at radius 2 is 2.05 bits per heavy atom. The van der Waals surface area contributed by atoms with E-state index in [2.05, 4.69) is 4.98 Å². The van der Waals surface area contributed by atoms with Gasteiger partial charge in [-0.25, -0.2) is 18.5 Å². The topological polar surface area (TPSA) is 93.4 Å². The molecule has 10 heteroatoms. The third kappa shape index (κ3) is 2.75. The highest BCUT2D eigenvalue weighted by Crippen LogP contribution is 2.36. The molecule has 2 rings (SSSR count). The van der Waals surface area contributed by atoms with Crippen LogP contribution < -0.4 is 10.0 Å². The lowest BCUT2D eigenvalue weighted by Crippen LogP contribution is -2.33. The number of nitrogens with zero attached hydrogens (tertiary/aromatic N) is 2. The molecule has 0 radical (unpaired) electrons. The average Bonchev–Trinajstić information content (AvgIpc) is 2.70. The second-order valence-corrected chi connectivity index (χ2v) is 6.14. The van der Waals surface area contributed by atoms with Crippen molar-refractivity contribution in [3.8, 4) is 0 Å². The third-order valence-corrected chi connectivity index (χ3v) is 4.15. The largest absolute Gasteiger partial charge is 0.419 e. The summed E-state index contributed by atoms with van der Waals surface area (Å²) in [7, 11) is -4.00. The quantitative estimate of drug-likeness (QED) is 0.860. The van der Waals surface area contributed by atoms with E-state index in [-0.39, 0.29) is 0 Å². The van der Waals surface area contributed by atoms with Crippen molar-refractivity contribution in [2.24, 2.45) is 5.14 Å². The zero-order valence-electron chi connectivity index (χ0n) is 9.96. The number of hydrogen-bond donors (Lipinski definition) is 1. The van der Waals surface area contributed by atoms with Crippen molar-refractivity contribution in [3.05, 3.63) is 23.9 Å². The van der Waals surface area contributed by atoms with Crippen LogP contribution in [0.3, 0.4) is 0 Å². The summed E-state index contributed by atoms with van der Waals surface area (Å²) < 4.78 is 60.9. The van der Waals surface area contributed by atoms with Gasteiger partial charge in [0, 0.05) is 19.2 Å². The third-order valence-electron chi connectivity index (χ3n) is 2.90. The van der Waals surface area contributed by atoms with Gasteiger partial charge in [0.25, 0.3) is 0 Å². The van der Waals surface area contributed by atoms with Crippen molar-refractivity contribution in [1.82, 2.24) is 4.98 Å². The van der Waals surface area contributed by atoms with E-state index in [0.29, 0.717) is 4.90 Å². The van der Waals surface area contributed by atoms with Crippen LogP contribution >= 0.6 is 0 Å². The summed E-state index contributed by atoms with van der Waals surface area (Å²) in [4.78, 5) is 16.0. The number of alkyl halides is 3. The lowest BCUT2D eigenvalue weighted by Gasteiger charge is -2.19. The predicted molar refractivity (Wildman–Crippen MR) is 63.1 cm³/mol. The Balaban J connectivity index is 2.41. The van der Waals surface area contributed by atoms with Crippen molar-refractivity contribution < 1.29 is 26.4 Å². The number of nitrogens with two attached hydrogens (primary N) is 1. The molecule has 0 aliphatic carbocycles. The van der Waals surface area contributed by atoms with Crippen LogP contribution in [0.25, 0.3) is 0 Å². The van der Waals surface area contributed by atoms with E-state index >= 15 is 0 Å². The van der Waals surface area contributed by atoms with E-state index in [1.54, 1.807) is 0 Å². The van der Waals surface area contributed by atoms with Gasteiger partial charge < -0.3 is 0 Å². The highest BCUT2D eigenvalue weighted by molar-refractivity contribution is 7.89. The van der Waals surface area contributed by atoms with Crippen LogP contribution in [0.1, 0.15) is 12.0 Å². The van der Waals surface area contributed by atoms with E-state index in [0.717, 1.165) is 18.3 Å². The molecule has 1 atom stereocenters. The second-order valence-electron chi connectivity index (χ2n) is 4.29. The first kappa shape index (κ1) is 14.7. The molecule has 1 amide bonds. The number of carbonyl (C=O) groups is 1. The standard InChI is InChI=1S/C10H10F3N3O3S/c11-10(12,13)7-2-1-3-15-9(7)16-5-6(4-8(16)17)20(14,18)19/h1-3,6H,4-5H2,(H2,14,18,19). The Labute approximate surface area is 112 Å². The first-order valence-electron chi connectivity index (χ1n) is 5.45. The lowest BCUT2D eigenvalue weighted by atomic mass is 10.2. The smallest absolute Gasteiger partial charge is 0.295 e. The van der Waals surface area contributed by atoms with Crippen LogP contribution in [-0.2, 0) is 21.0 Å². The Hall–Kier alpha value is -1.68. The predicted octanol–water partition coefficient (Wildman–Crippen LogP) is 0.494. The molecule has 0 saturated carbocycles. The van der Waals surface area contributed by atoms with Gasteiger partial charge in [-0.1, -0.05) is 0 Å². The Morgan fingerprint density at radius 3 is 2.55 bits per heavy atom. The van der Waals surface area contributed by atoms with E-state index in [9.17, 15) is 26.4 Å². The van der Waals surface area contributed by atoms with Crippen molar-refractivity contribution >= 4 is 21.7 Å². The van der Waals surface area contributed by atoms with Gasteiger partial charge >= 0.3 is 6.18 Å². The number of hydrogen-bond acceptors (Lipinski definition) is 4. The van der Waals surface area contributed by atoms with E-state index in [4.69, 9.17) is 5.14 Å². The van der Waals surface area contributed by atoms with Crippen LogP contribution in [0.4, 0.5) is 19.0 Å². The Bertz CT molecular complexity index is 645. The maximum Gasteiger partial charge on any atom is 0.419 e. The normalized spacial score (nSPS) is 20.5. The molecule has 0 bridgehead atoms. The number of pyridine rings is 1. The monoisotopic (exact) mass is 309 g/mol. The molecule has 6 nitrogen and oxygen atoms in total. The number of halogens is 3. The summed E-state index contributed by atoms with van der Waals surface area (Å²) in [5, 5.41) is 3.69. The summed E-state index contributed by atoms with van der Waals surface area (Å²) in [6.45, 7) is -0.433. The lowest BCUT2D eigenvalue weighted by molar-refractivity contribution is -0.137. The number of rotatable bonds is 2. The minimum atomic E-state index is -4.69. The van der Waals surface area contributed by atoms with Crippen LogP contribution in [0.2, 0.25) is 0 Å². The van der Waals surface area contributed by atoms with Crippen molar-refractivity contribution in [2.45, 2.75) is 17.8 Å². The minimum absolute atomic E-state index is 0.433. The highest BCUT2D eigenvalue weighted by atomic mass is 32.2. The summed E-state index contributed by atoms with van der Waals surface area (Å²) in [5.74, 6) is -1.36. The summed E-state index contributed by atoms with van der Waals surface area (Å²) in [5.41, 5.74) is -1.09. The molecule has 1 fully saturated rings. The first-order chi connectivity index (χ1) is 9.10. The molecule has 2 N–H and O–H groups in total. The molecule has 0 spiro atoms. The fourth-order valence-corrected chi connectivity index (χ4v) is 2.66. The minimum Gasteiger partial charge on any atom is -0.295 e. The molecule has 110 valence electrons. The van der Waals surface area contributed by atoms with Gasteiger partial charge in [0.15, 0.2) is 0 Å².